The van der Waals surface area contributed by atoms with E-state index in [1.807, 2.05) is 21.6 Å². The summed E-state index contributed by atoms with van der Waals surface area (Å²) in [5, 5.41) is 4.35. The van der Waals surface area contributed by atoms with Crippen molar-refractivity contribution in [3.8, 4) is 0 Å². The number of hydrogen-bond acceptors (Lipinski definition) is 3. The molecule has 0 radical (unpaired) electrons. The monoisotopic (exact) mass is 219 g/mol. The summed E-state index contributed by atoms with van der Waals surface area (Å²) in [6, 6.07) is 0. The lowest BCUT2D eigenvalue weighted by Gasteiger charge is -2.29. The van der Waals surface area contributed by atoms with Crippen LogP contribution in [0.25, 0.3) is 0 Å². The SMILES string of the molecule is CC(C)(C)NCC1SSCC1(C)C. The zero-order valence-corrected chi connectivity index (χ0v) is 10.9. The Labute approximate surface area is 90.2 Å². The average molecular weight is 219 g/mol. The van der Waals surface area contributed by atoms with Crippen LogP contribution >= 0.6 is 21.6 Å². The number of nitrogens with one attached hydrogen (secondary N) is 1. The van der Waals surface area contributed by atoms with Crippen molar-refractivity contribution in [2.24, 2.45) is 5.41 Å². The van der Waals surface area contributed by atoms with Crippen molar-refractivity contribution in [2.45, 2.75) is 45.4 Å². The van der Waals surface area contributed by atoms with Crippen LogP contribution in [-0.4, -0.2) is 23.1 Å². The molecule has 3 heteroatoms. The van der Waals surface area contributed by atoms with E-state index in [0.29, 0.717) is 5.41 Å². The van der Waals surface area contributed by atoms with E-state index in [0.717, 1.165) is 11.8 Å². The zero-order valence-electron chi connectivity index (χ0n) is 9.31. The van der Waals surface area contributed by atoms with Gasteiger partial charge in [-0.2, -0.15) is 0 Å². The number of hydrogen-bond donors (Lipinski definition) is 1. The lowest BCUT2D eigenvalue weighted by molar-refractivity contribution is 0.352. The molecule has 0 aliphatic carbocycles. The molecular weight excluding hydrogens is 198 g/mol. The largest absolute Gasteiger partial charge is 0.311 e. The van der Waals surface area contributed by atoms with Crippen molar-refractivity contribution in [2.75, 3.05) is 12.3 Å². The first-order valence-corrected chi connectivity index (χ1v) is 7.23. The van der Waals surface area contributed by atoms with Gasteiger partial charge < -0.3 is 5.32 Å². The molecule has 1 rings (SSSR count). The first kappa shape index (κ1) is 11.7. The molecule has 1 saturated heterocycles. The third-order valence-electron chi connectivity index (χ3n) is 2.30. The van der Waals surface area contributed by atoms with E-state index in [-0.39, 0.29) is 5.54 Å². The predicted octanol–water partition coefficient (Wildman–Crippen LogP) is 3.16. The Morgan fingerprint density at radius 3 is 2.38 bits per heavy atom. The molecule has 1 atom stereocenters. The summed E-state index contributed by atoms with van der Waals surface area (Å²) in [5.74, 6) is 1.29. The van der Waals surface area contributed by atoms with Crippen LogP contribution < -0.4 is 5.32 Å². The van der Waals surface area contributed by atoms with Crippen molar-refractivity contribution in [3.05, 3.63) is 0 Å². The van der Waals surface area contributed by atoms with Crippen LogP contribution in [-0.2, 0) is 0 Å². The topological polar surface area (TPSA) is 12.0 Å². The van der Waals surface area contributed by atoms with Crippen LogP contribution in [0.4, 0.5) is 0 Å². The van der Waals surface area contributed by atoms with E-state index in [9.17, 15) is 0 Å². The van der Waals surface area contributed by atoms with E-state index >= 15 is 0 Å². The molecule has 1 nitrogen and oxygen atoms in total. The Hall–Kier alpha value is 0.660. The lowest BCUT2D eigenvalue weighted by Crippen LogP contribution is -2.43. The molecule has 1 heterocycles. The molecule has 1 fully saturated rings. The van der Waals surface area contributed by atoms with Gasteiger partial charge in [0.15, 0.2) is 0 Å². The maximum atomic E-state index is 3.59. The predicted molar refractivity (Wildman–Crippen MR) is 65.4 cm³/mol. The fraction of sp³-hybridized carbons (Fsp3) is 1.00. The normalized spacial score (nSPS) is 27.9. The first-order chi connectivity index (χ1) is 5.81. The van der Waals surface area contributed by atoms with Gasteiger partial charge in [0, 0.05) is 23.1 Å². The summed E-state index contributed by atoms with van der Waals surface area (Å²) in [4.78, 5) is 0. The Morgan fingerprint density at radius 1 is 1.38 bits per heavy atom. The van der Waals surface area contributed by atoms with E-state index in [1.54, 1.807) is 0 Å². The fourth-order valence-corrected chi connectivity index (χ4v) is 5.13. The molecule has 0 aromatic rings. The quantitative estimate of drug-likeness (QED) is 0.717. The second kappa shape index (κ2) is 4.03. The summed E-state index contributed by atoms with van der Waals surface area (Å²) >= 11 is 0. The first-order valence-electron chi connectivity index (χ1n) is 4.85. The summed E-state index contributed by atoms with van der Waals surface area (Å²) in [7, 11) is 4.06. The molecule has 0 bridgehead atoms. The standard InChI is InChI=1S/C10H21NS2/c1-9(2,3)11-6-8-10(4,5)7-12-13-8/h8,11H,6-7H2,1-5H3. The second-order valence-corrected chi connectivity index (χ2v) is 8.04. The Kier molecular flexibility index (Phi) is 3.64. The van der Waals surface area contributed by atoms with E-state index in [1.165, 1.54) is 5.75 Å². The highest BCUT2D eigenvalue weighted by atomic mass is 33.1. The lowest BCUT2D eigenvalue weighted by atomic mass is 9.91. The van der Waals surface area contributed by atoms with Crippen LogP contribution in [0, 0.1) is 5.41 Å². The van der Waals surface area contributed by atoms with Gasteiger partial charge in [0.1, 0.15) is 0 Å². The maximum absolute atomic E-state index is 3.59. The highest BCUT2D eigenvalue weighted by molar-refractivity contribution is 8.77. The number of rotatable bonds is 2. The van der Waals surface area contributed by atoms with Crippen LogP contribution in [0.3, 0.4) is 0 Å². The van der Waals surface area contributed by atoms with Gasteiger partial charge in [-0.15, -0.1) is 0 Å². The maximum Gasteiger partial charge on any atom is 0.0335 e. The average Bonchev–Trinajstić information content (AvgIpc) is 2.23. The molecule has 1 aliphatic heterocycles. The molecule has 0 aromatic heterocycles. The van der Waals surface area contributed by atoms with Crippen LogP contribution in [0.15, 0.2) is 0 Å². The molecule has 0 spiro atoms. The van der Waals surface area contributed by atoms with Gasteiger partial charge in [0.2, 0.25) is 0 Å². The Bertz CT molecular complexity index is 172. The fourth-order valence-electron chi connectivity index (χ4n) is 1.20. The minimum atomic E-state index is 0.254. The van der Waals surface area contributed by atoms with Gasteiger partial charge in [0.25, 0.3) is 0 Å². The smallest absolute Gasteiger partial charge is 0.0335 e. The van der Waals surface area contributed by atoms with Gasteiger partial charge >= 0.3 is 0 Å². The highest BCUT2D eigenvalue weighted by Gasteiger charge is 2.36. The Balaban J connectivity index is 2.37. The third kappa shape index (κ3) is 3.72. The summed E-state index contributed by atoms with van der Waals surface area (Å²) < 4.78 is 0. The van der Waals surface area contributed by atoms with E-state index < -0.39 is 0 Å². The Morgan fingerprint density at radius 2 is 2.00 bits per heavy atom. The molecule has 0 saturated carbocycles. The van der Waals surface area contributed by atoms with Crippen LogP contribution in [0.5, 0.6) is 0 Å². The molecule has 1 aliphatic rings. The van der Waals surface area contributed by atoms with Crippen molar-refractivity contribution in [3.63, 3.8) is 0 Å². The van der Waals surface area contributed by atoms with Crippen molar-refractivity contribution in [1.29, 1.82) is 0 Å². The van der Waals surface area contributed by atoms with Gasteiger partial charge in [-0.1, -0.05) is 35.4 Å². The summed E-state index contributed by atoms with van der Waals surface area (Å²) in [5.41, 5.74) is 0.747. The third-order valence-corrected chi connectivity index (χ3v) is 5.80. The van der Waals surface area contributed by atoms with Crippen LogP contribution in [0.2, 0.25) is 0 Å². The molecule has 1 N–H and O–H groups in total. The minimum absolute atomic E-state index is 0.254. The molecular formula is C10H21NS2. The second-order valence-electron chi connectivity index (χ2n) is 5.47. The molecule has 0 aromatic carbocycles. The molecule has 0 amide bonds. The van der Waals surface area contributed by atoms with Crippen molar-refractivity contribution in [1.82, 2.24) is 5.32 Å². The van der Waals surface area contributed by atoms with E-state index in [2.05, 4.69) is 39.9 Å². The molecule has 13 heavy (non-hydrogen) atoms. The summed E-state index contributed by atoms with van der Waals surface area (Å²) in [6.07, 6.45) is 0. The van der Waals surface area contributed by atoms with Crippen molar-refractivity contribution >= 4 is 21.6 Å². The van der Waals surface area contributed by atoms with Gasteiger partial charge in [-0.05, 0) is 26.2 Å². The molecule has 1 unspecified atom stereocenters. The van der Waals surface area contributed by atoms with Gasteiger partial charge in [-0.3, -0.25) is 0 Å². The van der Waals surface area contributed by atoms with Gasteiger partial charge in [0.05, 0.1) is 0 Å². The van der Waals surface area contributed by atoms with Crippen molar-refractivity contribution < 1.29 is 0 Å². The van der Waals surface area contributed by atoms with Gasteiger partial charge in [-0.25, -0.2) is 0 Å². The highest BCUT2D eigenvalue weighted by Crippen LogP contribution is 2.48. The molecule has 78 valence electrons. The van der Waals surface area contributed by atoms with Crippen LogP contribution in [0.1, 0.15) is 34.6 Å². The summed E-state index contributed by atoms with van der Waals surface area (Å²) in [6.45, 7) is 12.6. The van der Waals surface area contributed by atoms with E-state index in [4.69, 9.17) is 0 Å². The minimum Gasteiger partial charge on any atom is -0.311 e. The zero-order chi connectivity index (χ0) is 10.1.